The van der Waals surface area contributed by atoms with Crippen LogP contribution in [0.5, 0.6) is 0 Å². The van der Waals surface area contributed by atoms with E-state index in [4.69, 9.17) is 20.7 Å². The van der Waals surface area contributed by atoms with Crippen LogP contribution in [0, 0.1) is 32.4 Å². The number of aromatic nitrogens is 5. The summed E-state index contributed by atoms with van der Waals surface area (Å²) in [5.74, 6) is -0.560. The van der Waals surface area contributed by atoms with Gasteiger partial charge in [0.2, 0.25) is 0 Å². The summed E-state index contributed by atoms with van der Waals surface area (Å²) in [6.45, 7) is 9.71. The Kier molecular flexibility index (Phi) is 6.93. The zero-order valence-electron chi connectivity index (χ0n) is 25.3. The predicted molar refractivity (Wildman–Crippen MR) is 172 cm³/mol. The molecule has 0 bridgehead atoms. The Morgan fingerprint density at radius 3 is 2.34 bits per heavy atom. The van der Waals surface area contributed by atoms with Gasteiger partial charge in [-0.15, -0.1) is 0 Å². The number of H-pyrrole nitrogens is 1. The van der Waals surface area contributed by atoms with E-state index in [2.05, 4.69) is 59.6 Å². The second-order valence-corrected chi connectivity index (χ2v) is 12.1. The first-order valence-corrected chi connectivity index (χ1v) is 15.1. The van der Waals surface area contributed by atoms with Gasteiger partial charge in [0.1, 0.15) is 23.1 Å². The molecule has 1 saturated heterocycles. The lowest BCUT2D eigenvalue weighted by Gasteiger charge is -2.34. The second-order valence-electron chi connectivity index (χ2n) is 12.1. The number of aryl methyl sites for hydroxylation is 3. The van der Waals surface area contributed by atoms with Gasteiger partial charge in [0, 0.05) is 54.9 Å². The molecule has 0 spiro atoms. The number of piperidine rings is 1. The third-order valence-corrected chi connectivity index (χ3v) is 8.97. The third kappa shape index (κ3) is 4.91. The standard InChI is InChI=1S/C35H35F2N7/c1-19-5-6-29(39-16-19)22(4)44-18-28(34-41-30-11-20(2)21(3)12-31(30)42-34)32-33(43-9-7-26(38)8-10-43)27(17-40-35(32)44)23-13-24(36)15-25(37)14-23/h5-6,11-18,22,26H,7-10,38H2,1-4H3,(H,41,42). The smallest absolute Gasteiger partial charge is 0.143 e. The summed E-state index contributed by atoms with van der Waals surface area (Å²) in [4.78, 5) is 20.6. The van der Waals surface area contributed by atoms with E-state index >= 15 is 0 Å². The molecule has 0 amide bonds. The van der Waals surface area contributed by atoms with Gasteiger partial charge in [-0.25, -0.2) is 18.7 Å². The van der Waals surface area contributed by atoms with Crippen LogP contribution in [0.2, 0.25) is 0 Å². The van der Waals surface area contributed by atoms with E-state index < -0.39 is 11.6 Å². The van der Waals surface area contributed by atoms with Gasteiger partial charge in [-0.1, -0.05) is 6.07 Å². The molecule has 0 aliphatic carbocycles. The molecule has 1 aliphatic heterocycles. The Morgan fingerprint density at radius 1 is 0.909 bits per heavy atom. The molecule has 6 aromatic rings. The fourth-order valence-corrected chi connectivity index (χ4v) is 6.31. The molecule has 1 aliphatic rings. The quantitative estimate of drug-likeness (QED) is 0.218. The molecule has 9 heteroatoms. The Bertz CT molecular complexity index is 1960. The van der Waals surface area contributed by atoms with Crippen LogP contribution < -0.4 is 10.6 Å². The number of anilines is 1. The molecule has 2 aromatic carbocycles. The zero-order valence-corrected chi connectivity index (χ0v) is 25.3. The summed E-state index contributed by atoms with van der Waals surface area (Å²) >= 11 is 0. The minimum Gasteiger partial charge on any atom is -0.370 e. The molecule has 0 radical (unpaired) electrons. The number of aromatic amines is 1. The molecule has 7 nitrogen and oxygen atoms in total. The predicted octanol–water partition coefficient (Wildman–Crippen LogP) is 7.38. The number of nitrogens with two attached hydrogens (primary N) is 1. The highest BCUT2D eigenvalue weighted by Gasteiger charge is 2.28. The molecule has 1 fully saturated rings. The molecule has 4 aromatic heterocycles. The Labute approximate surface area is 254 Å². The molecule has 7 rings (SSSR count). The molecule has 5 heterocycles. The molecule has 1 unspecified atom stereocenters. The Morgan fingerprint density at radius 2 is 1.64 bits per heavy atom. The number of hydrogen-bond acceptors (Lipinski definition) is 5. The second kappa shape index (κ2) is 10.8. The molecular weight excluding hydrogens is 556 g/mol. The first-order valence-electron chi connectivity index (χ1n) is 15.1. The number of benzene rings is 2. The van der Waals surface area contributed by atoms with Gasteiger partial charge in [0.25, 0.3) is 0 Å². The largest absolute Gasteiger partial charge is 0.370 e. The average Bonchev–Trinajstić information content (AvgIpc) is 3.58. The van der Waals surface area contributed by atoms with Crippen molar-refractivity contribution in [3.8, 4) is 22.5 Å². The van der Waals surface area contributed by atoms with Crippen LogP contribution in [-0.4, -0.2) is 43.6 Å². The van der Waals surface area contributed by atoms with Gasteiger partial charge in [-0.2, -0.15) is 0 Å². The van der Waals surface area contributed by atoms with E-state index in [1.54, 1.807) is 6.20 Å². The van der Waals surface area contributed by atoms with Crippen LogP contribution >= 0.6 is 0 Å². The number of rotatable bonds is 5. The molecule has 0 saturated carbocycles. The zero-order chi connectivity index (χ0) is 30.7. The maximum atomic E-state index is 14.6. The van der Waals surface area contributed by atoms with Gasteiger partial charge < -0.3 is 20.2 Å². The fourth-order valence-electron chi connectivity index (χ4n) is 6.31. The number of fused-ring (bicyclic) bond motifs is 2. The molecule has 3 N–H and O–H groups in total. The summed E-state index contributed by atoms with van der Waals surface area (Å²) < 4.78 is 31.3. The SMILES string of the molecule is Cc1ccc(C(C)n2cc(-c3nc4cc(C)c(C)cc4[nH]3)c3c(N4CCC(N)CC4)c(-c4cc(F)cc(F)c4)cnc32)nc1. The summed E-state index contributed by atoms with van der Waals surface area (Å²) in [5.41, 5.74) is 16.0. The van der Waals surface area contributed by atoms with E-state index in [1.165, 1.54) is 23.3 Å². The molecule has 1 atom stereocenters. The minimum atomic E-state index is -0.633. The number of nitrogens with one attached hydrogen (secondary N) is 1. The van der Waals surface area contributed by atoms with Crippen molar-refractivity contribution in [2.45, 2.75) is 52.6 Å². The van der Waals surface area contributed by atoms with Crippen LogP contribution in [0.15, 0.2) is 61.1 Å². The maximum Gasteiger partial charge on any atom is 0.143 e. The first kappa shape index (κ1) is 28.2. The number of hydrogen-bond donors (Lipinski definition) is 2. The van der Waals surface area contributed by atoms with Gasteiger partial charge in [-0.3, -0.25) is 4.98 Å². The normalized spacial score (nSPS) is 15.0. The van der Waals surface area contributed by atoms with E-state index in [-0.39, 0.29) is 12.1 Å². The van der Waals surface area contributed by atoms with Gasteiger partial charge >= 0.3 is 0 Å². The van der Waals surface area contributed by atoms with Crippen molar-refractivity contribution in [1.82, 2.24) is 24.5 Å². The molecular formula is C35H35F2N7. The van der Waals surface area contributed by atoms with Crippen LogP contribution in [-0.2, 0) is 0 Å². The number of imidazole rings is 1. The minimum absolute atomic E-state index is 0.109. The topological polar surface area (TPSA) is 88.7 Å². The highest BCUT2D eigenvalue weighted by molar-refractivity contribution is 6.08. The van der Waals surface area contributed by atoms with E-state index in [9.17, 15) is 8.78 Å². The maximum absolute atomic E-state index is 14.6. The average molecular weight is 592 g/mol. The van der Waals surface area contributed by atoms with Gasteiger partial charge in [0.15, 0.2) is 0 Å². The van der Waals surface area contributed by atoms with Crippen molar-refractivity contribution < 1.29 is 8.78 Å². The lowest BCUT2D eigenvalue weighted by molar-refractivity contribution is 0.502. The van der Waals surface area contributed by atoms with Crippen molar-refractivity contribution in [3.63, 3.8) is 0 Å². The number of nitrogens with zero attached hydrogens (tertiary/aromatic N) is 5. The van der Waals surface area contributed by atoms with Crippen LogP contribution in [0.25, 0.3) is 44.6 Å². The molecule has 44 heavy (non-hydrogen) atoms. The van der Waals surface area contributed by atoms with E-state index in [1.807, 2.05) is 19.2 Å². The third-order valence-electron chi connectivity index (χ3n) is 8.97. The summed E-state index contributed by atoms with van der Waals surface area (Å²) in [6.07, 6.45) is 7.31. The van der Waals surface area contributed by atoms with Crippen molar-refractivity contribution in [3.05, 3.63) is 95.1 Å². The van der Waals surface area contributed by atoms with Crippen molar-refractivity contribution in [2.75, 3.05) is 18.0 Å². The van der Waals surface area contributed by atoms with Crippen LogP contribution in [0.3, 0.4) is 0 Å². The highest BCUT2D eigenvalue weighted by Crippen LogP contribution is 2.44. The van der Waals surface area contributed by atoms with Crippen LogP contribution in [0.1, 0.15) is 48.2 Å². The number of pyridine rings is 2. The summed E-state index contributed by atoms with van der Waals surface area (Å²) in [6, 6.07) is 11.9. The lowest BCUT2D eigenvalue weighted by Crippen LogP contribution is -2.40. The van der Waals surface area contributed by atoms with Crippen molar-refractivity contribution in [2.24, 2.45) is 5.73 Å². The van der Waals surface area contributed by atoms with Crippen LogP contribution in [0.4, 0.5) is 14.5 Å². The summed E-state index contributed by atoms with van der Waals surface area (Å²) in [5, 5.41) is 0.870. The van der Waals surface area contributed by atoms with E-state index in [0.29, 0.717) is 30.0 Å². The highest BCUT2D eigenvalue weighted by atomic mass is 19.1. The van der Waals surface area contributed by atoms with Crippen molar-refractivity contribution >= 4 is 27.8 Å². The lowest BCUT2D eigenvalue weighted by atomic mass is 9.98. The number of halogens is 2. The van der Waals surface area contributed by atoms with E-state index in [0.717, 1.165) is 63.5 Å². The first-order chi connectivity index (χ1) is 21.2. The Balaban J connectivity index is 1.54. The fraction of sp³-hybridized carbons (Fsp3) is 0.286. The van der Waals surface area contributed by atoms with Gasteiger partial charge in [0.05, 0.1) is 33.8 Å². The molecule has 224 valence electrons. The van der Waals surface area contributed by atoms with Crippen molar-refractivity contribution in [1.29, 1.82) is 0 Å². The summed E-state index contributed by atoms with van der Waals surface area (Å²) in [7, 11) is 0. The Hall–Kier alpha value is -4.63. The van der Waals surface area contributed by atoms with Gasteiger partial charge in [-0.05, 0) is 93.1 Å². The monoisotopic (exact) mass is 591 g/mol.